The van der Waals surface area contributed by atoms with Gasteiger partial charge >= 0.3 is 0 Å². The molecule has 0 spiro atoms. The van der Waals surface area contributed by atoms with Crippen LogP contribution in [0.4, 0.5) is 0 Å². The lowest BCUT2D eigenvalue weighted by Crippen LogP contribution is -2.57. The second kappa shape index (κ2) is 8.71. The van der Waals surface area contributed by atoms with E-state index in [1.54, 1.807) is 0 Å². The molecule has 27 heavy (non-hydrogen) atoms. The molecule has 0 N–H and O–H groups in total. The Balaban J connectivity index is 0.000000271. The molecule has 2 heterocycles. The van der Waals surface area contributed by atoms with Crippen molar-refractivity contribution in [3.8, 4) is 0 Å². The fourth-order valence-electron chi connectivity index (χ4n) is 4.12. The zero-order chi connectivity index (χ0) is 21.3. The minimum atomic E-state index is 0.337. The molecule has 0 aromatic rings. The summed E-state index contributed by atoms with van der Waals surface area (Å²) in [6.07, 6.45) is 1.38. The lowest BCUT2D eigenvalue weighted by molar-refractivity contribution is 0.0211. The summed E-state index contributed by atoms with van der Waals surface area (Å²) in [7, 11) is 0. The van der Waals surface area contributed by atoms with Gasteiger partial charge in [0, 0.05) is 49.3 Å². The molecule has 3 nitrogen and oxygen atoms in total. The largest absolute Gasteiger partial charge is 0.298 e. The van der Waals surface area contributed by atoms with Crippen molar-refractivity contribution in [1.29, 1.82) is 0 Å². The van der Waals surface area contributed by atoms with Gasteiger partial charge in [0.05, 0.1) is 0 Å². The summed E-state index contributed by atoms with van der Waals surface area (Å²) in [5.41, 5.74) is 1.52. The van der Waals surface area contributed by atoms with E-state index >= 15 is 0 Å². The predicted molar refractivity (Wildman–Crippen MR) is 122 cm³/mol. The van der Waals surface area contributed by atoms with E-state index in [1.807, 2.05) is 0 Å². The quantitative estimate of drug-likeness (QED) is 0.560. The number of likely N-dealkylation sites (tertiary alicyclic amines) is 1. The minimum Gasteiger partial charge on any atom is -0.298 e. The summed E-state index contributed by atoms with van der Waals surface area (Å²) >= 11 is 0. The summed E-state index contributed by atoms with van der Waals surface area (Å²) < 4.78 is 0. The molecule has 2 aliphatic rings. The zero-order valence-corrected chi connectivity index (χ0v) is 20.9. The van der Waals surface area contributed by atoms with E-state index in [1.165, 1.54) is 45.7 Å². The molecular weight excluding hydrogens is 330 g/mol. The summed E-state index contributed by atoms with van der Waals surface area (Å²) in [4.78, 5) is 7.77. The van der Waals surface area contributed by atoms with Crippen molar-refractivity contribution in [3.63, 3.8) is 0 Å². The highest BCUT2D eigenvalue weighted by molar-refractivity contribution is 4.89. The molecular formula is C24H51N3. The predicted octanol–water partition coefficient (Wildman–Crippen LogP) is 5.35. The van der Waals surface area contributed by atoms with Crippen LogP contribution in [0.15, 0.2) is 0 Å². The van der Waals surface area contributed by atoms with Crippen LogP contribution in [0.3, 0.4) is 0 Å². The van der Waals surface area contributed by atoms with E-state index in [0.29, 0.717) is 22.0 Å². The first-order valence-corrected chi connectivity index (χ1v) is 11.2. The second-order valence-electron chi connectivity index (χ2n) is 12.8. The van der Waals surface area contributed by atoms with Crippen molar-refractivity contribution < 1.29 is 0 Å². The van der Waals surface area contributed by atoms with Crippen molar-refractivity contribution in [3.05, 3.63) is 0 Å². The monoisotopic (exact) mass is 381 g/mol. The van der Waals surface area contributed by atoms with Crippen LogP contribution in [0.5, 0.6) is 0 Å². The normalized spacial score (nSPS) is 24.7. The van der Waals surface area contributed by atoms with Crippen LogP contribution >= 0.6 is 0 Å². The van der Waals surface area contributed by atoms with Crippen molar-refractivity contribution in [2.45, 2.75) is 106 Å². The molecule has 0 amide bonds. The van der Waals surface area contributed by atoms with Gasteiger partial charge in [0.15, 0.2) is 0 Å². The molecule has 2 aliphatic heterocycles. The van der Waals surface area contributed by atoms with Gasteiger partial charge < -0.3 is 0 Å². The van der Waals surface area contributed by atoms with Crippen LogP contribution in [-0.2, 0) is 0 Å². The van der Waals surface area contributed by atoms with E-state index in [0.717, 1.165) is 5.92 Å². The van der Waals surface area contributed by atoms with E-state index in [9.17, 15) is 0 Å². The van der Waals surface area contributed by atoms with Gasteiger partial charge in [-0.1, -0.05) is 20.8 Å². The first kappa shape index (κ1) is 24.9. The molecule has 2 fully saturated rings. The number of piperazine rings is 1. The van der Waals surface area contributed by atoms with Crippen LogP contribution in [0, 0.1) is 11.3 Å². The van der Waals surface area contributed by atoms with Gasteiger partial charge in [0.1, 0.15) is 0 Å². The fraction of sp³-hybridized carbons (Fsp3) is 1.00. The molecule has 2 saturated heterocycles. The van der Waals surface area contributed by atoms with Gasteiger partial charge in [0.2, 0.25) is 0 Å². The molecule has 0 aliphatic carbocycles. The highest BCUT2D eigenvalue weighted by Gasteiger charge is 2.35. The number of hydrogen-bond donors (Lipinski definition) is 0. The first-order valence-electron chi connectivity index (χ1n) is 11.2. The second-order valence-corrected chi connectivity index (χ2v) is 12.8. The Morgan fingerprint density at radius 1 is 0.481 bits per heavy atom. The molecule has 1 unspecified atom stereocenters. The Kier molecular flexibility index (Phi) is 8.04. The average molecular weight is 382 g/mol. The average Bonchev–Trinajstić information content (AvgIpc) is 2.96. The Hall–Kier alpha value is -0.120. The van der Waals surface area contributed by atoms with Crippen LogP contribution in [-0.4, -0.2) is 70.6 Å². The highest BCUT2D eigenvalue weighted by Crippen LogP contribution is 2.36. The molecule has 0 aromatic heterocycles. The summed E-state index contributed by atoms with van der Waals surface area (Å²) in [6, 6.07) is 0. The minimum absolute atomic E-state index is 0.337. The maximum Gasteiger partial charge on any atom is 0.0126 e. The van der Waals surface area contributed by atoms with Gasteiger partial charge in [-0.2, -0.15) is 0 Å². The van der Waals surface area contributed by atoms with Gasteiger partial charge in [-0.3, -0.25) is 14.7 Å². The number of hydrogen-bond acceptors (Lipinski definition) is 3. The van der Waals surface area contributed by atoms with Gasteiger partial charge in [0.25, 0.3) is 0 Å². The smallest absolute Gasteiger partial charge is 0.0126 e. The molecule has 0 aromatic carbocycles. The van der Waals surface area contributed by atoms with Crippen LogP contribution < -0.4 is 0 Å². The van der Waals surface area contributed by atoms with E-state index in [2.05, 4.69) is 97.8 Å². The third kappa shape index (κ3) is 8.03. The van der Waals surface area contributed by atoms with Gasteiger partial charge in [-0.25, -0.2) is 0 Å². The van der Waals surface area contributed by atoms with Crippen molar-refractivity contribution in [1.82, 2.24) is 14.7 Å². The Labute approximate surface area is 171 Å². The highest BCUT2D eigenvalue weighted by atomic mass is 15.3. The van der Waals surface area contributed by atoms with Crippen LogP contribution in [0.1, 0.15) is 89.5 Å². The molecule has 0 radical (unpaired) electrons. The fourth-order valence-corrected chi connectivity index (χ4v) is 4.12. The summed E-state index contributed by atoms with van der Waals surface area (Å²) in [6.45, 7) is 35.3. The lowest BCUT2D eigenvalue weighted by atomic mass is 9.80. The summed E-state index contributed by atoms with van der Waals surface area (Å²) in [5, 5.41) is 0. The van der Waals surface area contributed by atoms with Crippen molar-refractivity contribution >= 4 is 0 Å². The Bertz CT molecular complexity index is 392. The van der Waals surface area contributed by atoms with E-state index < -0.39 is 0 Å². The molecule has 2 rings (SSSR count). The molecule has 0 bridgehead atoms. The number of nitrogens with zero attached hydrogens (tertiary/aromatic N) is 3. The topological polar surface area (TPSA) is 9.72 Å². The molecule has 162 valence electrons. The molecule has 1 atom stereocenters. The van der Waals surface area contributed by atoms with Crippen molar-refractivity contribution in [2.75, 3.05) is 39.3 Å². The first-order chi connectivity index (χ1) is 11.9. The van der Waals surface area contributed by atoms with Gasteiger partial charge in [-0.05, 0) is 86.6 Å². The molecule has 0 saturated carbocycles. The lowest BCUT2D eigenvalue weighted by Gasteiger charge is -2.46. The zero-order valence-electron chi connectivity index (χ0n) is 20.9. The standard InChI is InChI=1S/C12H26N2.C12H25N/c1-11(2,3)13-7-9-14(10-8-13)12(4,5)6;1-11(2,3)10-7-8-13(9-10)12(4,5)6/h7-10H2,1-6H3;10H,7-9H2,1-6H3. The third-order valence-corrected chi connectivity index (χ3v) is 6.54. The maximum atomic E-state index is 2.61. The van der Waals surface area contributed by atoms with Crippen LogP contribution in [0.2, 0.25) is 0 Å². The van der Waals surface area contributed by atoms with Crippen LogP contribution in [0.25, 0.3) is 0 Å². The third-order valence-electron chi connectivity index (χ3n) is 6.54. The molecule has 3 heteroatoms. The maximum absolute atomic E-state index is 2.61. The SMILES string of the molecule is CC(C)(C)C1CCN(C(C)(C)C)C1.CC(C)(C)N1CCN(C(C)(C)C)CC1. The van der Waals surface area contributed by atoms with E-state index in [4.69, 9.17) is 0 Å². The number of rotatable bonds is 0. The van der Waals surface area contributed by atoms with E-state index in [-0.39, 0.29) is 0 Å². The summed E-state index contributed by atoms with van der Waals surface area (Å²) in [5.74, 6) is 0.881. The Morgan fingerprint density at radius 3 is 1.00 bits per heavy atom. The van der Waals surface area contributed by atoms with Gasteiger partial charge in [-0.15, -0.1) is 0 Å². The van der Waals surface area contributed by atoms with Crippen molar-refractivity contribution in [2.24, 2.45) is 11.3 Å². The Morgan fingerprint density at radius 2 is 0.815 bits per heavy atom.